The normalized spacial score (nSPS) is 26.9. The Hall–Kier alpha value is -0.810. The molecule has 0 radical (unpaired) electrons. The summed E-state index contributed by atoms with van der Waals surface area (Å²) in [5, 5.41) is 9.63. The van der Waals surface area contributed by atoms with Crippen LogP contribution in [-0.4, -0.2) is 64.9 Å². The second kappa shape index (κ2) is 5.05. The first-order valence-corrected chi connectivity index (χ1v) is 6.75. The molecule has 0 aromatic carbocycles. The van der Waals surface area contributed by atoms with Gasteiger partial charge in [0.25, 0.3) is 0 Å². The number of carbonyl (C=O) groups excluding carboxylic acids is 1. The summed E-state index contributed by atoms with van der Waals surface area (Å²) in [7, 11) is 0. The van der Waals surface area contributed by atoms with Crippen LogP contribution in [0, 0.1) is 0 Å². The maximum atomic E-state index is 11.8. The molecule has 0 saturated carbocycles. The Labute approximate surface area is 109 Å². The zero-order chi connectivity index (χ0) is 13.3. The number of hydrogen-bond donors (Lipinski definition) is 1. The van der Waals surface area contributed by atoms with Gasteiger partial charge in [-0.1, -0.05) is 0 Å². The van der Waals surface area contributed by atoms with Gasteiger partial charge in [0.2, 0.25) is 0 Å². The molecule has 18 heavy (non-hydrogen) atoms. The minimum atomic E-state index is -0.427. The molecule has 2 heterocycles. The number of aliphatic hydroxyl groups is 1. The third-order valence-electron chi connectivity index (χ3n) is 3.46. The van der Waals surface area contributed by atoms with E-state index in [4.69, 9.17) is 4.74 Å². The van der Waals surface area contributed by atoms with Crippen molar-refractivity contribution >= 4 is 6.09 Å². The molecule has 2 aliphatic heterocycles. The second-order valence-corrected chi connectivity index (χ2v) is 6.33. The van der Waals surface area contributed by atoms with Gasteiger partial charge in [0.15, 0.2) is 0 Å². The van der Waals surface area contributed by atoms with Crippen LogP contribution in [0.5, 0.6) is 0 Å². The summed E-state index contributed by atoms with van der Waals surface area (Å²) in [6.45, 7) is 8.86. The van der Waals surface area contributed by atoms with Gasteiger partial charge >= 0.3 is 6.09 Å². The van der Waals surface area contributed by atoms with Gasteiger partial charge in [0.1, 0.15) is 5.60 Å². The van der Waals surface area contributed by atoms with E-state index in [-0.39, 0.29) is 12.2 Å². The molecule has 2 aliphatic rings. The fraction of sp³-hybridized carbons (Fsp3) is 0.923. The molecule has 1 atom stereocenters. The average Bonchev–Trinajstić information content (AvgIpc) is 2.11. The Morgan fingerprint density at radius 3 is 2.50 bits per heavy atom. The molecule has 0 aromatic heterocycles. The van der Waals surface area contributed by atoms with E-state index in [1.54, 1.807) is 4.90 Å². The molecule has 1 amide bonds. The predicted octanol–water partition coefficient (Wildman–Crippen LogP) is 1.06. The Balaban J connectivity index is 1.75. The summed E-state index contributed by atoms with van der Waals surface area (Å²) in [5.74, 6) is 0. The van der Waals surface area contributed by atoms with Crippen LogP contribution in [0.15, 0.2) is 0 Å². The van der Waals surface area contributed by atoms with Crippen LogP contribution in [-0.2, 0) is 4.74 Å². The maximum Gasteiger partial charge on any atom is 0.410 e. The van der Waals surface area contributed by atoms with Gasteiger partial charge in [-0.25, -0.2) is 4.79 Å². The minimum absolute atomic E-state index is 0.200. The van der Waals surface area contributed by atoms with E-state index in [2.05, 4.69) is 4.90 Å². The summed E-state index contributed by atoms with van der Waals surface area (Å²) in [5.41, 5.74) is -0.427. The van der Waals surface area contributed by atoms with E-state index >= 15 is 0 Å². The highest BCUT2D eigenvalue weighted by molar-refractivity contribution is 5.69. The zero-order valence-corrected chi connectivity index (χ0v) is 11.6. The summed E-state index contributed by atoms with van der Waals surface area (Å²) < 4.78 is 5.32. The molecule has 1 N–H and O–H groups in total. The average molecular weight is 256 g/mol. The van der Waals surface area contributed by atoms with Crippen molar-refractivity contribution in [2.75, 3.05) is 26.2 Å². The number of nitrogens with zero attached hydrogens (tertiary/aromatic N) is 2. The highest BCUT2D eigenvalue weighted by Crippen LogP contribution is 2.22. The largest absolute Gasteiger partial charge is 0.444 e. The first-order valence-electron chi connectivity index (χ1n) is 6.75. The van der Waals surface area contributed by atoms with Crippen molar-refractivity contribution in [3.05, 3.63) is 0 Å². The van der Waals surface area contributed by atoms with Crippen LogP contribution >= 0.6 is 0 Å². The van der Waals surface area contributed by atoms with Gasteiger partial charge in [-0.05, 0) is 40.2 Å². The first kappa shape index (κ1) is 13.6. The lowest BCUT2D eigenvalue weighted by Crippen LogP contribution is -2.63. The van der Waals surface area contributed by atoms with E-state index in [1.165, 1.54) is 0 Å². The Bertz CT molecular complexity index is 308. The molecule has 5 heteroatoms. The highest BCUT2D eigenvalue weighted by atomic mass is 16.6. The van der Waals surface area contributed by atoms with Crippen molar-refractivity contribution < 1.29 is 14.6 Å². The summed E-state index contributed by atoms with van der Waals surface area (Å²) >= 11 is 0. The van der Waals surface area contributed by atoms with Crippen molar-refractivity contribution in [3.8, 4) is 0 Å². The molecular formula is C13H24N2O3. The number of β-amino-alcohol motifs (C(OH)–C–C–N with tert-alkyl or cyclic N) is 1. The third kappa shape index (κ3) is 3.36. The SMILES string of the molecule is CC(C)(C)OC(=O)N1CC(N2CCC[C@@H](O)C2)C1. The minimum Gasteiger partial charge on any atom is -0.444 e. The van der Waals surface area contributed by atoms with E-state index < -0.39 is 5.60 Å². The molecular weight excluding hydrogens is 232 g/mol. The molecule has 0 aliphatic carbocycles. The Kier molecular flexibility index (Phi) is 3.82. The van der Waals surface area contributed by atoms with Crippen LogP contribution in [0.3, 0.4) is 0 Å². The molecule has 0 aromatic rings. The number of carbonyl (C=O) groups is 1. The fourth-order valence-corrected chi connectivity index (χ4v) is 2.48. The van der Waals surface area contributed by atoms with Gasteiger partial charge in [-0.2, -0.15) is 0 Å². The monoisotopic (exact) mass is 256 g/mol. The van der Waals surface area contributed by atoms with Crippen LogP contribution in [0.4, 0.5) is 4.79 Å². The van der Waals surface area contributed by atoms with Crippen molar-refractivity contribution in [1.29, 1.82) is 0 Å². The summed E-state index contributed by atoms with van der Waals surface area (Å²) in [6.07, 6.45) is 1.52. The fourth-order valence-electron chi connectivity index (χ4n) is 2.48. The molecule has 5 nitrogen and oxygen atoms in total. The number of rotatable bonds is 1. The van der Waals surface area contributed by atoms with E-state index in [1.807, 2.05) is 20.8 Å². The van der Waals surface area contributed by atoms with Crippen LogP contribution in [0.1, 0.15) is 33.6 Å². The maximum absolute atomic E-state index is 11.8. The smallest absolute Gasteiger partial charge is 0.410 e. The van der Waals surface area contributed by atoms with Gasteiger partial charge in [-0.15, -0.1) is 0 Å². The number of amides is 1. The summed E-state index contributed by atoms with van der Waals surface area (Å²) in [4.78, 5) is 15.8. The predicted molar refractivity (Wildman–Crippen MR) is 68.4 cm³/mol. The van der Waals surface area contributed by atoms with Gasteiger partial charge in [0, 0.05) is 25.7 Å². The molecule has 104 valence electrons. The number of aliphatic hydroxyl groups excluding tert-OH is 1. The van der Waals surface area contributed by atoms with Crippen LogP contribution in [0.25, 0.3) is 0 Å². The Morgan fingerprint density at radius 1 is 1.28 bits per heavy atom. The number of likely N-dealkylation sites (tertiary alicyclic amines) is 2. The lowest BCUT2D eigenvalue weighted by Gasteiger charge is -2.47. The molecule has 0 unspecified atom stereocenters. The second-order valence-electron chi connectivity index (χ2n) is 6.33. The van der Waals surface area contributed by atoms with Crippen molar-refractivity contribution in [3.63, 3.8) is 0 Å². The van der Waals surface area contributed by atoms with Gasteiger partial charge in [-0.3, -0.25) is 4.90 Å². The molecule has 2 fully saturated rings. The molecule has 0 bridgehead atoms. The topological polar surface area (TPSA) is 53.0 Å². The standard InChI is InChI=1S/C13H24N2O3/c1-13(2,3)18-12(17)15-7-10(8-15)14-6-4-5-11(16)9-14/h10-11,16H,4-9H2,1-3H3/t11-/m1/s1. The molecule has 0 spiro atoms. The van der Waals surface area contributed by atoms with E-state index in [0.29, 0.717) is 6.04 Å². The first-order chi connectivity index (χ1) is 8.35. The van der Waals surface area contributed by atoms with Crippen LogP contribution in [0.2, 0.25) is 0 Å². The number of piperidine rings is 1. The molecule has 2 rings (SSSR count). The van der Waals surface area contributed by atoms with Gasteiger partial charge in [0.05, 0.1) is 6.10 Å². The highest BCUT2D eigenvalue weighted by Gasteiger charge is 2.38. The third-order valence-corrected chi connectivity index (χ3v) is 3.46. The lowest BCUT2D eigenvalue weighted by atomic mass is 10.0. The summed E-state index contributed by atoms with van der Waals surface area (Å²) in [6, 6.07) is 0.396. The van der Waals surface area contributed by atoms with Crippen molar-refractivity contribution in [1.82, 2.24) is 9.80 Å². The van der Waals surface area contributed by atoms with E-state index in [0.717, 1.165) is 39.0 Å². The number of hydrogen-bond acceptors (Lipinski definition) is 4. The van der Waals surface area contributed by atoms with Crippen LogP contribution < -0.4 is 0 Å². The van der Waals surface area contributed by atoms with Gasteiger partial charge < -0.3 is 14.7 Å². The van der Waals surface area contributed by atoms with Crippen molar-refractivity contribution in [2.24, 2.45) is 0 Å². The zero-order valence-electron chi connectivity index (χ0n) is 11.6. The quantitative estimate of drug-likeness (QED) is 0.762. The number of ether oxygens (including phenoxy) is 1. The molecule has 2 saturated heterocycles. The van der Waals surface area contributed by atoms with E-state index in [9.17, 15) is 9.90 Å². The Morgan fingerprint density at radius 2 is 1.94 bits per heavy atom. The van der Waals surface area contributed by atoms with Crippen molar-refractivity contribution in [2.45, 2.75) is 51.4 Å². The lowest BCUT2D eigenvalue weighted by molar-refractivity contribution is -0.0334.